The molecule has 0 aliphatic heterocycles. The fourth-order valence-electron chi connectivity index (χ4n) is 0.453. The molecule has 0 atom stereocenters. The molecule has 0 amide bonds. The van der Waals surface area contributed by atoms with Crippen molar-refractivity contribution in [3.63, 3.8) is 0 Å². The van der Waals surface area contributed by atoms with Gasteiger partial charge in [0.1, 0.15) is 0 Å². The maximum Gasteiger partial charge on any atom is 0.0313 e. The summed E-state index contributed by atoms with van der Waals surface area (Å²) in [4.78, 5) is 0. The summed E-state index contributed by atoms with van der Waals surface area (Å²) < 4.78 is 0. The van der Waals surface area contributed by atoms with Crippen molar-refractivity contribution in [3.8, 4) is 0 Å². The van der Waals surface area contributed by atoms with Crippen molar-refractivity contribution < 1.29 is 0 Å². The molecule has 0 saturated carbocycles. The van der Waals surface area contributed by atoms with Crippen LogP contribution in [0.1, 0.15) is 28.7 Å². The van der Waals surface area contributed by atoms with E-state index in [-0.39, 0.29) is 14.9 Å². The minimum Gasteiger partial charge on any atom is -0.399 e. The lowest BCUT2D eigenvalue weighted by molar-refractivity contribution is 1.50. The summed E-state index contributed by atoms with van der Waals surface area (Å²) >= 11 is 0. The Balaban J connectivity index is -0.000000149. The van der Waals surface area contributed by atoms with E-state index in [1.165, 1.54) is 0 Å². The summed E-state index contributed by atoms with van der Waals surface area (Å²) in [6.07, 6.45) is 0. The third-order valence-corrected chi connectivity index (χ3v) is 0.800. The molecule has 0 saturated heterocycles. The van der Waals surface area contributed by atoms with Crippen molar-refractivity contribution in [2.45, 2.75) is 28.7 Å². The van der Waals surface area contributed by atoms with Gasteiger partial charge in [-0.2, -0.15) is 0 Å². The van der Waals surface area contributed by atoms with Gasteiger partial charge in [0, 0.05) is 5.69 Å². The maximum atomic E-state index is 5.36. The van der Waals surface area contributed by atoms with Crippen molar-refractivity contribution in [1.82, 2.24) is 0 Å². The van der Waals surface area contributed by atoms with E-state index in [0.717, 1.165) is 5.69 Å². The predicted octanol–water partition coefficient (Wildman–Crippen LogP) is 3.57. The Labute approximate surface area is 71.2 Å². The van der Waals surface area contributed by atoms with Crippen molar-refractivity contribution in [2.24, 2.45) is 0 Å². The molecule has 11 heavy (non-hydrogen) atoms. The molecule has 0 radical (unpaired) electrons. The van der Waals surface area contributed by atoms with E-state index < -0.39 is 0 Å². The van der Waals surface area contributed by atoms with Gasteiger partial charge in [0.2, 0.25) is 0 Å². The molecule has 1 aromatic carbocycles. The molecule has 0 bridgehead atoms. The molecule has 0 unspecified atom stereocenters. The lowest BCUT2D eigenvalue weighted by atomic mass is 10.3. The minimum atomic E-state index is 0. The van der Waals surface area contributed by atoms with Crippen LogP contribution >= 0.6 is 0 Å². The minimum absolute atomic E-state index is 0. The Morgan fingerprint density at radius 3 is 1.45 bits per heavy atom. The van der Waals surface area contributed by atoms with E-state index in [9.17, 15) is 0 Å². The van der Waals surface area contributed by atoms with Crippen molar-refractivity contribution in [2.75, 3.05) is 5.73 Å². The van der Waals surface area contributed by atoms with Crippen LogP contribution in [-0.2, 0) is 0 Å². The SMILES string of the molecule is C.C.CC.Nc1ccccc1. The molecule has 0 aromatic heterocycles. The number of nitrogen functional groups attached to an aromatic ring is 1. The second-order valence-corrected chi connectivity index (χ2v) is 1.41. The fraction of sp³-hybridized carbons (Fsp3) is 0.400. The van der Waals surface area contributed by atoms with Crippen molar-refractivity contribution in [1.29, 1.82) is 0 Å². The van der Waals surface area contributed by atoms with Gasteiger partial charge in [0.15, 0.2) is 0 Å². The number of para-hydroxylation sites is 1. The number of nitrogens with two attached hydrogens (primary N) is 1. The van der Waals surface area contributed by atoms with E-state index in [4.69, 9.17) is 5.73 Å². The van der Waals surface area contributed by atoms with Crippen LogP contribution in [0.2, 0.25) is 0 Å². The van der Waals surface area contributed by atoms with Crippen LogP contribution in [0.15, 0.2) is 30.3 Å². The molecule has 0 aliphatic carbocycles. The molecule has 0 aliphatic rings. The lowest BCUT2D eigenvalue weighted by Crippen LogP contribution is -1.79. The van der Waals surface area contributed by atoms with Gasteiger partial charge in [-0.15, -0.1) is 0 Å². The Morgan fingerprint density at radius 2 is 1.27 bits per heavy atom. The first-order valence-corrected chi connectivity index (χ1v) is 3.20. The van der Waals surface area contributed by atoms with Crippen LogP contribution in [0.3, 0.4) is 0 Å². The van der Waals surface area contributed by atoms with E-state index in [1.807, 2.05) is 44.2 Å². The Morgan fingerprint density at radius 1 is 0.909 bits per heavy atom. The number of hydrogen-bond donors (Lipinski definition) is 1. The summed E-state index contributed by atoms with van der Waals surface area (Å²) in [6, 6.07) is 9.49. The number of anilines is 1. The summed E-state index contributed by atoms with van der Waals surface area (Å²) in [5, 5.41) is 0. The van der Waals surface area contributed by atoms with Gasteiger partial charge >= 0.3 is 0 Å². The monoisotopic (exact) mass is 155 g/mol. The number of benzene rings is 1. The quantitative estimate of drug-likeness (QED) is 0.569. The molecule has 0 heterocycles. The van der Waals surface area contributed by atoms with Crippen LogP contribution in [0.25, 0.3) is 0 Å². The molecule has 1 heteroatoms. The van der Waals surface area contributed by atoms with Gasteiger partial charge in [-0.3, -0.25) is 0 Å². The van der Waals surface area contributed by atoms with E-state index in [0.29, 0.717) is 0 Å². The Hall–Kier alpha value is -0.980. The van der Waals surface area contributed by atoms with Crippen molar-refractivity contribution in [3.05, 3.63) is 30.3 Å². The largest absolute Gasteiger partial charge is 0.399 e. The second kappa shape index (κ2) is 11.8. The highest BCUT2D eigenvalue weighted by molar-refractivity contribution is 5.35. The number of hydrogen-bond acceptors (Lipinski definition) is 1. The molecule has 2 N–H and O–H groups in total. The average molecular weight is 155 g/mol. The van der Waals surface area contributed by atoms with E-state index in [2.05, 4.69) is 0 Å². The molecular formula is C10H21N. The van der Waals surface area contributed by atoms with E-state index in [1.54, 1.807) is 0 Å². The predicted molar refractivity (Wildman–Crippen MR) is 55.7 cm³/mol. The van der Waals surface area contributed by atoms with Gasteiger partial charge < -0.3 is 5.73 Å². The molecule has 0 fully saturated rings. The van der Waals surface area contributed by atoms with Gasteiger partial charge in [-0.25, -0.2) is 0 Å². The Kier molecular flexibility index (Phi) is 17.7. The zero-order valence-electron chi connectivity index (χ0n) is 5.96. The van der Waals surface area contributed by atoms with Crippen molar-refractivity contribution >= 4 is 5.69 Å². The highest BCUT2D eigenvalue weighted by Crippen LogP contribution is 1.95. The van der Waals surface area contributed by atoms with Crippen LogP contribution in [-0.4, -0.2) is 0 Å². The summed E-state index contributed by atoms with van der Waals surface area (Å²) in [5.41, 5.74) is 6.18. The molecule has 1 nitrogen and oxygen atoms in total. The fourth-order valence-corrected chi connectivity index (χ4v) is 0.453. The summed E-state index contributed by atoms with van der Waals surface area (Å²) in [6.45, 7) is 4.00. The van der Waals surface area contributed by atoms with Gasteiger partial charge in [-0.1, -0.05) is 46.9 Å². The van der Waals surface area contributed by atoms with E-state index >= 15 is 0 Å². The molecule has 1 aromatic rings. The molecule has 1 rings (SSSR count). The molecule has 0 spiro atoms. The highest BCUT2D eigenvalue weighted by Gasteiger charge is 1.72. The summed E-state index contributed by atoms with van der Waals surface area (Å²) in [5.74, 6) is 0. The number of rotatable bonds is 0. The molecular weight excluding hydrogens is 134 g/mol. The molecule has 66 valence electrons. The first kappa shape index (κ1) is 16.5. The van der Waals surface area contributed by atoms with Gasteiger partial charge in [0.05, 0.1) is 0 Å². The topological polar surface area (TPSA) is 26.0 Å². The van der Waals surface area contributed by atoms with Gasteiger partial charge in [-0.05, 0) is 12.1 Å². The zero-order valence-corrected chi connectivity index (χ0v) is 5.96. The summed E-state index contributed by atoms with van der Waals surface area (Å²) in [7, 11) is 0. The normalized spacial score (nSPS) is 6.00. The standard InChI is InChI=1S/C6H7N.C2H6.2CH4/c7-6-4-2-1-3-5-6;1-2;;/h1-5H,7H2;1-2H3;2*1H4. The van der Waals surface area contributed by atoms with Gasteiger partial charge in [0.25, 0.3) is 0 Å². The van der Waals surface area contributed by atoms with Crippen LogP contribution in [0.5, 0.6) is 0 Å². The third-order valence-electron chi connectivity index (χ3n) is 0.800. The first-order chi connectivity index (χ1) is 4.39. The highest BCUT2D eigenvalue weighted by atomic mass is 14.5. The van der Waals surface area contributed by atoms with Crippen LogP contribution in [0, 0.1) is 0 Å². The average Bonchev–Trinajstić information content (AvgIpc) is 1.94. The van der Waals surface area contributed by atoms with Crippen LogP contribution < -0.4 is 5.73 Å². The van der Waals surface area contributed by atoms with Crippen LogP contribution in [0.4, 0.5) is 5.69 Å². The Bertz CT molecular complexity index is 135. The smallest absolute Gasteiger partial charge is 0.0313 e. The first-order valence-electron chi connectivity index (χ1n) is 3.20. The second-order valence-electron chi connectivity index (χ2n) is 1.41. The zero-order chi connectivity index (χ0) is 7.11. The lowest BCUT2D eigenvalue weighted by Gasteiger charge is -1.83. The maximum absolute atomic E-state index is 5.36. The third kappa shape index (κ3) is 9.02.